The normalized spacial score (nSPS) is 29.5. The molecule has 1 unspecified atom stereocenters. The van der Waals surface area contributed by atoms with Crippen LogP contribution in [0.15, 0.2) is 121 Å². The summed E-state index contributed by atoms with van der Waals surface area (Å²) in [6, 6.07) is 38.8. The minimum absolute atomic E-state index is 0.0757. The predicted molar refractivity (Wildman–Crippen MR) is 185 cm³/mol. The van der Waals surface area contributed by atoms with Gasteiger partial charge in [0.2, 0.25) is 0 Å². The first-order valence-corrected chi connectivity index (χ1v) is 17.2. The van der Waals surface area contributed by atoms with Gasteiger partial charge in [0.05, 0.1) is 39.6 Å². The highest BCUT2D eigenvalue weighted by Crippen LogP contribution is 2.34. The Morgan fingerprint density at radius 3 is 1.41 bits per heavy atom. The van der Waals surface area contributed by atoms with Gasteiger partial charge < -0.3 is 53.6 Å². The van der Waals surface area contributed by atoms with Crippen LogP contribution in [0.1, 0.15) is 22.3 Å². The Hall–Kier alpha value is -3.56. The average Bonchev–Trinajstić information content (AvgIpc) is 3.17. The maximum absolute atomic E-state index is 11.0. The Labute approximate surface area is 297 Å². The predicted octanol–water partition coefficient (Wildman–Crippen LogP) is 3.50. The van der Waals surface area contributed by atoms with Crippen LogP contribution in [0.2, 0.25) is 0 Å². The highest BCUT2D eigenvalue weighted by molar-refractivity contribution is 5.16. The molecule has 4 aromatic rings. The number of benzene rings is 4. The quantitative estimate of drug-likeness (QED) is 0.136. The fourth-order valence-corrected chi connectivity index (χ4v) is 6.23. The molecule has 11 nitrogen and oxygen atoms in total. The zero-order valence-corrected chi connectivity index (χ0v) is 28.2. The van der Waals surface area contributed by atoms with Crippen molar-refractivity contribution in [1.29, 1.82) is 0 Å². The molecule has 0 radical (unpaired) electrons. The summed E-state index contributed by atoms with van der Waals surface area (Å²) in [4.78, 5) is 0. The van der Waals surface area contributed by atoms with Crippen LogP contribution in [0.5, 0.6) is 0 Å². The summed E-state index contributed by atoms with van der Waals surface area (Å²) >= 11 is 0. The molecule has 0 spiro atoms. The lowest BCUT2D eigenvalue weighted by atomic mass is 9.96. The van der Waals surface area contributed by atoms with E-state index in [9.17, 15) is 20.4 Å². The lowest BCUT2D eigenvalue weighted by Crippen LogP contribution is -2.65. The Kier molecular flexibility index (Phi) is 13.7. The topological polar surface area (TPSA) is 146 Å². The van der Waals surface area contributed by atoms with E-state index in [-0.39, 0.29) is 26.4 Å². The fraction of sp³-hybridized carbons (Fsp3) is 0.400. The van der Waals surface area contributed by atoms with Crippen LogP contribution >= 0.6 is 0 Å². The molecule has 10 atom stereocenters. The van der Waals surface area contributed by atoms with Crippen LogP contribution in [0, 0.1) is 0 Å². The van der Waals surface area contributed by atoms with Crippen LogP contribution in [0.25, 0.3) is 0 Å². The SMILES string of the molecule is OC[C@H]1OC(O)[C@H](O[C@@H]2O[C@H](COCc3ccccc3)[C@@H](OCc3ccccc3)[C@H](OCc3ccccc3)[C@H]2OCc2ccccc2)[C@@H](O)[C@@H]1O. The van der Waals surface area contributed by atoms with Gasteiger partial charge in [-0.25, -0.2) is 0 Å². The van der Waals surface area contributed by atoms with Crippen LogP contribution in [-0.2, 0) is 59.6 Å². The summed E-state index contributed by atoms with van der Waals surface area (Å²) in [7, 11) is 0. The molecule has 0 amide bonds. The second-order valence-electron chi connectivity index (χ2n) is 12.7. The number of rotatable bonds is 16. The van der Waals surface area contributed by atoms with Gasteiger partial charge in [0.15, 0.2) is 12.6 Å². The summed E-state index contributed by atoms with van der Waals surface area (Å²) < 4.78 is 44.4. The third-order valence-electron chi connectivity index (χ3n) is 8.97. The average molecular weight is 703 g/mol. The van der Waals surface area contributed by atoms with E-state index in [1.54, 1.807) is 0 Å². The molecule has 0 aliphatic carbocycles. The molecule has 272 valence electrons. The fourth-order valence-electron chi connectivity index (χ4n) is 6.23. The van der Waals surface area contributed by atoms with Crippen LogP contribution < -0.4 is 0 Å². The van der Waals surface area contributed by atoms with Crippen LogP contribution in [-0.4, -0.2) is 95.1 Å². The minimum atomic E-state index is -1.69. The molecular formula is C40H46O11. The first-order valence-electron chi connectivity index (χ1n) is 17.2. The Bertz CT molecular complexity index is 1550. The monoisotopic (exact) mass is 702 g/mol. The lowest BCUT2D eigenvalue weighted by Gasteiger charge is -2.48. The molecule has 0 saturated carbocycles. The van der Waals surface area contributed by atoms with E-state index in [2.05, 4.69) is 0 Å². The minimum Gasteiger partial charge on any atom is -0.394 e. The first-order chi connectivity index (χ1) is 25.0. The molecule has 4 N–H and O–H groups in total. The zero-order valence-electron chi connectivity index (χ0n) is 28.2. The number of hydrogen-bond acceptors (Lipinski definition) is 11. The van der Waals surface area contributed by atoms with E-state index in [1.165, 1.54) is 0 Å². The lowest BCUT2D eigenvalue weighted by molar-refractivity contribution is -0.373. The second-order valence-corrected chi connectivity index (χ2v) is 12.7. The largest absolute Gasteiger partial charge is 0.394 e. The number of aliphatic hydroxyl groups excluding tert-OH is 4. The number of ether oxygens (including phenoxy) is 7. The molecule has 2 aliphatic heterocycles. The van der Waals surface area contributed by atoms with Gasteiger partial charge in [-0.15, -0.1) is 0 Å². The van der Waals surface area contributed by atoms with E-state index < -0.39 is 68.0 Å². The molecule has 0 bridgehead atoms. The summed E-state index contributed by atoms with van der Waals surface area (Å²) in [5.74, 6) is 0. The number of aliphatic hydroxyl groups is 4. The summed E-state index contributed by atoms with van der Waals surface area (Å²) in [6.45, 7) is 0.384. The van der Waals surface area contributed by atoms with Crippen molar-refractivity contribution in [1.82, 2.24) is 0 Å². The molecule has 2 aliphatic rings. The van der Waals surface area contributed by atoms with Crippen molar-refractivity contribution in [2.24, 2.45) is 0 Å². The Morgan fingerprint density at radius 1 is 0.471 bits per heavy atom. The van der Waals surface area contributed by atoms with Gasteiger partial charge >= 0.3 is 0 Å². The molecular weight excluding hydrogens is 656 g/mol. The third-order valence-corrected chi connectivity index (χ3v) is 8.97. The van der Waals surface area contributed by atoms with Gasteiger partial charge in [-0.05, 0) is 22.3 Å². The van der Waals surface area contributed by atoms with Gasteiger partial charge in [-0.2, -0.15) is 0 Å². The Morgan fingerprint density at radius 2 is 0.922 bits per heavy atom. The van der Waals surface area contributed by atoms with Crippen molar-refractivity contribution in [3.63, 3.8) is 0 Å². The summed E-state index contributed by atoms with van der Waals surface area (Å²) in [5, 5.41) is 42.2. The smallest absolute Gasteiger partial charge is 0.187 e. The zero-order chi connectivity index (χ0) is 35.4. The van der Waals surface area contributed by atoms with E-state index in [0.717, 1.165) is 22.3 Å². The van der Waals surface area contributed by atoms with Crippen molar-refractivity contribution < 1.29 is 53.6 Å². The molecule has 2 fully saturated rings. The molecule has 2 heterocycles. The first kappa shape index (κ1) is 37.2. The maximum Gasteiger partial charge on any atom is 0.187 e. The highest BCUT2D eigenvalue weighted by Gasteiger charge is 2.53. The molecule has 2 saturated heterocycles. The molecule has 6 rings (SSSR count). The van der Waals surface area contributed by atoms with Gasteiger partial charge in [0.25, 0.3) is 0 Å². The van der Waals surface area contributed by atoms with E-state index >= 15 is 0 Å². The molecule has 11 heteroatoms. The van der Waals surface area contributed by atoms with Gasteiger partial charge in [-0.3, -0.25) is 0 Å². The summed E-state index contributed by atoms with van der Waals surface area (Å²) in [5.41, 5.74) is 3.73. The van der Waals surface area contributed by atoms with Gasteiger partial charge in [0.1, 0.15) is 48.8 Å². The van der Waals surface area contributed by atoms with Crippen molar-refractivity contribution in [2.75, 3.05) is 13.2 Å². The molecule has 4 aromatic carbocycles. The van der Waals surface area contributed by atoms with Crippen molar-refractivity contribution >= 4 is 0 Å². The van der Waals surface area contributed by atoms with Crippen molar-refractivity contribution in [3.8, 4) is 0 Å². The van der Waals surface area contributed by atoms with Crippen molar-refractivity contribution in [2.45, 2.75) is 87.8 Å². The standard InChI is InChI=1S/C40H46O11/c41-21-31-33(42)34(43)36(39(44)49-31)51-40-38(48-25-30-19-11-4-12-20-30)37(47-24-29-17-9-3-10-18-29)35(46-23-28-15-7-2-8-16-28)32(50-40)26-45-22-27-13-5-1-6-14-27/h1-20,31-44H,21-26H2/t31-,32-,33-,34+,35-,36-,37+,38-,39?,40+/m1/s1. The molecule has 51 heavy (non-hydrogen) atoms. The van der Waals surface area contributed by atoms with Crippen molar-refractivity contribution in [3.05, 3.63) is 144 Å². The maximum atomic E-state index is 11.0. The summed E-state index contributed by atoms with van der Waals surface area (Å²) in [6.07, 6.45) is -12.0. The van der Waals surface area contributed by atoms with E-state index in [1.807, 2.05) is 121 Å². The van der Waals surface area contributed by atoms with Crippen LogP contribution in [0.3, 0.4) is 0 Å². The number of hydrogen-bond donors (Lipinski definition) is 4. The molecule has 0 aromatic heterocycles. The Balaban J connectivity index is 1.33. The highest BCUT2D eigenvalue weighted by atomic mass is 16.7. The third kappa shape index (κ3) is 10.1. The van der Waals surface area contributed by atoms with Gasteiger partial charge in [0, 0.05) is 0 Å². The van der Waals surface area contributed by atoms with E-state index in [4.69, 9.17) is 33.2 Å². The van der Waals surface area contributed by atoms with E-state index in [0.29, 0.717) is 6.61 Å². The second kappa shape index (κ2) is 18.8. The van der Waals surface area contributed by atoms with Crippen LogP contribution in [0.4, 0.5) is 0 Å². The van der Waals surface area contributed by atoms with Gasteiger partial charge in [-0.1, -0.05) is 121 Å².